The van der Waals surface area contributed by atoms with Crippen molar-refractivity contribution in [2.45, 2.75) is 33.3 Å². The number of aliphatic hydroxyl groups excluding tert-OH is 1. The quantitative estimate of drug-likeness (QED) is 0.567. The Morgan fingerprint density at radius 2 is 2.15 bits per heavy atom. The molecule has 1 aromatic carbocycles. The van der Waals surface area contributed by atoms with Crippen LogP contribution in [0.5, 0.6) is 5.75 Å². The zero-order valence-corrected chi connectivity index (χ0v) is 15.5. The molecule has 3 heterocycles. The zero-order valence-electron chi connectivity index (χ0n) is 15.5. The molecule has 0 unspecified atom stereocenters. The van der Waals surface area contributed by atoms with E-state index >= 15 is 0 Å². The highest BCUT2D eigenvalue weighted by atomic mass is 19.1. The fourth-order valence-corrected chi connectivity index (χ4v) is 3.37. The highest BCUT2D eigenvalue weighted by Crippen LogP contribution is 2.29. The van der Waals surface area contributed by atoms with Crippen LogP contribution < -0.4 is 4.74 Å². The Bertz CT molecular complexity index is 1130. The number of aryl methyl sites for hydroxylation is 2. The molecule has 4 rings (SSSR count). The molecule has 3 aromatic heterocycles. The van der Waals surface area contributed by atoms with Gasteiger partial charge in [-0.05, 0) is 38.5 Å². The first-order valence-electron chi connectivity index (χ1n) is 8.83. The number of ether oxygens (including phenoxy) is 1. The van der Waals surface area contributed by atoms with Gasteiger partial charge in [0, 0.05) is 28.6 Å². The second-order valence-corrected chi connectivity index (χ2v) is 6.91. The Hall–Kier alpha value is -2.93. The molecule has 140 valence electrons. The first-order chi connectivity index (χ1) is 12.9. The van der Waals surface area contributed by atoms with E-state index in [2.05, 4.69) is 15.1 Å². The maximum absolute atomic E-state index is 15.0. The van der Waals surface area contributed by atoms with Crippen molar-refractivity contribution in [2.24, 2.45) is 0 Å². The van der Waals surface area contributed by atoms with Gasteiger partial charge in [0.05, 0.1) is 23.5 Å². The van der Waals surface area contributed by atoms with E-state index in [1.54, 1.807) is 23.7 Å². The van der Waals surface area contributed by atoms with Crippen LogP contribution in [0, 0.1) is 19.7 Å². The maximum atomic E-state index is 15.0. The number of aromatic nitrogens is 4. The maximum Gasteiger partial charge on any atom is 0.142 e. The molecule has 0 saturated heterocycles. The van der Waals surface area contributed by atoms with Crippen LogP contribution in [0.15, 0.2) is 30.7 Å². The molecule has 1 atom stereocenters. The first-order valence-corrected chi connectivity index (χ1v) is 8.83. The number of fused-ring (bicyclic) bond motifs is 2. The molecule has 0 aliphatic heterocycles. The van der Waals surface area contributed by atoms with Gasteiger partial charge in [-0.1, -0.05) is 6.07 Å². The molecule has 27 heavy (non-hydrogen) atoms. The Balaban J connectivity index is 1.75. The zero-order chi connectivity index (χ0) is 19.1. The second-order valence-electron chi connectivity index (χ2n) is 6.91. The van der Waals surface area contributed by atoms with E-state index in [0.29, 0.717) is 23.1 Å². The number of nitrogens with zero attached hydrogens (tertiary/aromatic N) is 3. The normalized spacial score (nSPS) is 12.8. The monoisotopic (exact) mass is 368 g/mol. The molecule has 0 spiro atoms. The van der Waals surface area contributed by atoms with Crippen molar-refractivity contribution in [1.82, 2.24) is 19.6 Å². The van der Waals surface area contributed by atoms with Crippen molar-refractivity contribution in [3.63, 3.8) is 0 Å². The summed E-state index contributed by atoms with van der Waals surface area (Å²) in [5.74, 6) is 0.401. The van der Waals surface area contributed by atoms with E-state index in [-0.39, 0.29) is 12.4 Å². The number of halogens is 1. The number of aromatic amines is 1. The number of rotatable bonds is 5. The number of benzene rings is 1. The third-order valence-electron chi connectivity index (χ3n) is 4.65. The van der Waals surface area contributed by atoms with E-state index in [0.717, 1.165) is 28.0 Å². The van der Waals surface area contributed by atoms with Crippen molar-refractivity contribution >= 4 is 16.4 Å². The summed E-state index contributed by atoms with van der Waals surface area (Å²) in [5.41, 5.74) is 4.67. The number of nitrogens with one attached hydrogen (secondary N) is 1. The van der Waals surface area contributed by atoms with Crippen molar-refractivity contribution < 1.29 is 14.2 Å². The average molecular weight is 368 g/mol. The predicted octanol–water partition coefficient (Wildman–Crippen LogP) is 3.32. The number of H-pyrrole nitrogens is 1. The number of aliphatic hydroxyl groups is 1. The fourth-order valence-electron chi connectivity index (χ4n) is 3.37. The summed E-state index contributed by atoms with van der Waals surface area (Å²) in [5, 5.41) is 14.3. The summed E-state index contributed by atoms with van der Waals surface area (Å²) >= 11 is 0. The average Bonchev–Trinajstić information content (AvgIpc) is 3.16. The largest absolute Gasteiger partial charge is 0.489 e. The van der Waals surface area contributed by atoms with E-state index in [9.17, 15) is 9.50 Å². The summed E-state index contributed by atoms with van der Waals surface area (Å²) in [6.07, 6.45) is 2.99. The molecule has 0 radical (unpaired) electrons. The fraction of sp³-hybridized carbons (Fsp3) is 0.300. The Morgan fingerprint density at radius 3 is 2.93 bits per heavy atom. The van der Waals surface area contributed by atoms with Gasteiger partial charge in [0.2, 0.25) is 0 Å². The summed E-state index contributed by atoms with van der Waals surface area (Å²) < 4.78 is 22.3. The van der Waals surface area contributed by atoms with Gasteiger partial charge in [-0.2, -0.15) is 5.10 Å². The Labute approximate surface area is 155 Å². The van der Waals surface area contributed by atoms with Gasteiger partial charge in [0.25, 0.3) is 0 Å². The lowest BCUT2D eigenvalue weighted by Crippen LogP contribution is -2.12. The van der Waals surface area contributed by atoms with Gasteiger partial charge in [0.1, 0.15) is 24.5 Å². The van der Waals surface area contributed by atoms with Crippen molar-refractivity contribution in [3.05, 3.63) is 59.1 Å². The number of hydrogen-bond acceptors (Lipinski definition) is 4. The van der Waals surface area contributed by atoms with Gasteiger partial charge in [-0.25, -0.2) is 13.9 Å². The van der Waals surface area contributed by atoms with Crippen molar-refractivity contribution in [1.29, 1.82) is 0 Å². The molecule has 0 saturated carbocycles. The van der Waals surface area contributed by atoms with Crippen LogP contribution in [0.4, 0.5) is 4.39 Å². The predicted molar refractivity (Wildman–Crippen MR) is 101 cm³/mol. The Kier molecular flexibility index (Phi) is 4.31. The van der Waals surface area contributed by atoms with Crippen LogP contribution in [0.25, 0.3) is 16.4 Å². The molecule has 0 fully saturated rings. The molecule has 0 amide bonds. The topological polar surface area (TPSA) is 75.4 Å². The lowest BCUT2D eigenvalue weighted by molar-refractivity contribution is 0.122. The summed E-state index contributed by atoms with van der Waals surface area (Å²) in [6, 6.07) is 5.49. The molecule has 6 nitrogen and oxygen atoms in total. The van der Waals surface area contributed by atoms with Crippen LogP contribution in [0.1, 0.15) is 29.4 Å². The molecule has 0 aliphatic rings. The van der Waals surface area contributed by atoms with Crippen LogP contribution >= 0.6 is 0 Å². The molecule has 7 heteroatoms. The highest BCUT2D eigenvalue weighted by molar-refractivity contribution is 5.82. The number of hydrogen-bond donors (Lipinski definition) is 2. The van der Waals surface area contributed by atoms with E-state index < -0.39 is 6.10 Å². The van der Waals surface area contributed by atoms with Crippen LogP contribution in [0.2, 0.25) is 0 Å². The molecule has 2 N–H and O–H groups in total. The third-order valence-corrected chi connectivity index (χ3v) is 4.65. The van der Waals surface area contributed by atoms with Gasteiger partial charge < -0.3 is 14.8 Å². The van der Waals surface area contributed by atoms with Crippen molar-refractivity contribution in [3.8, 4) is 5.75 Å². The van der Waals surface area contributed by atoms with Crippen LogP contribution in [-0.4, -0.2) is 37.4 Å². The first kappa shape index (κ1) is 17.5. The lowest BCUT2D eigenvalue weighted by Gasteiger charge is -2.08. The smallest absolute Gasteiger partial charge is 0.142 e. The summed E-state index contributed by atoms with van der Waals surface area (Å²) in [4.78, 5) is 7.54. The minimum atomic E-state index is -0.566. The van der Waals surface area contributed by atoms with Crippen LogP contribution in [-0.2, 0) is 6.42 Å². The van der Waals surface area contributed by atoms with Gasteiger partial charge in [-0.3, -0.25) is 0 Å². The molecule has 0 aliphatic carbocycles. The molecular formula is C20H21FN4O2. The Morgan fingerprint density at radius 1 is 1.33 bits per heavy atom. The second kappa shape index (κ2) is 6.66. The van der Waals surface area contributed by atoms with Crippen LogP contribution in [0.3, 0.4) is 0 Å². The minimum Gasteiger partial charge on any atom is -0.489 e. The van der Waals surface area contributed by atoms with E-state index in [1.807, 2.05) is 26.0 Å². The van der Waals surface area contributed by atoms with E-state index in [1.165, 1.54) is 6.33 Å². The SMILES string of the molecule is Cc1cc2c(F)c(Cc3ncnn4cc(OC[C@@H](C)O)c(C)c34)ccc2[nH]1. The van der Waals surface area contributed by atoms with E-state index in [4.69, 9.17) is 4.74 Å². The lowest BCUT2D eigenvalue weighted by atomic mass is 10.0. The summed E-state index contributed by atoms with van der Waals surface area (Å²) in [6.45, 7) is 5.68. The minimum absolute atomic E-state index is 0.193. The summed E-state index contributed by atoms with van der Waals surface area (Å²) in [7, 11) is 0. The van der Waals surface area contributed by atoms with Crippen molar-refractivity contribution in [2.75, 3.05) is 6.61 Å². The molecule has 4 aromatic rings. The van der Waals surface area contributed by atoms with Gasteiger partial charge in [0.15, 0.2) is 0 Å². The van der Waals surface area contributed by atoms with Gasteiger partial charge >= 0.3 is 0 Å². The molecule has 0 bridgehead atoms. The van der Waals surface area contributed by atoms with Gasteiger partial charge in [-0.15, -0.1) is 0 Å². The molecular weight excluding hydrogens is 347 g/mol. The third kappa shape index (κ3) is 3.14. The highest BCUT2D eigenvalue weighted by Gasteiger charge is 2.17. The standard InChI is InChI=1S/C20H21FN4O2/c1-11-6-15-16(24-11)5-4-14(19(15)21)7-17-20-13(3)18(27-9-12(2)26)8-25(20)23-10-22-17/h4-6,8,10,12,24,26H,7,9H2,1-3H3/t12-/m1/s1.